The number of amides is 1. The van der Waals surface area contributed by atoms with Crippen molar-refractivity contribution in [2.75, 3.05) is 18.5 Å². The molecule has 9 nitrogen and oxygen atoms in total. The van der Waals surface area contributed by atoms with Crippen LogP contribution in [0.5, 0.6) is 0 Å². The Morgan fingerprint density at radius 2 is 2.04 bits per heavy atom. The van der Waals surface area contributed by atoms with Crippen molar-refractivity contribution >= 4 is 17.5 Å². The van der Waals surface area contributed by atoms with E-state index in [9.17, 15) is 4.79 Å². The van der Waals surface area contributed by atoms with Gasteiger partial charge in [0.05, 0.1) is 29.9 Å². The van der Waals surface area contributed by atoms with Crippen LogP contribution in [0.2, 0.25) is 0 Å². The van der Waals surface area contributed by atoms with Crippen LogP contribution in [0, 0.1) is 0 Å². The third-order valence-corrected chi connectivity index (χ3v) is 3.14. The van der Waals surface area contributed by atoms with Crippen molar-refractivity contribution in [1.29, 1.82) is 0 Å². The number of carbonyl (C=O) groups excluding carboxylic acids is 1. The first kappa shape index (κ1) is 16.8. The van der Waals surface area contributed by atoms with E-state index in [2.05, 4.69) is 30.9 Å². The van der Waals surface area contributed by atoms with E-state index in [0.717, 1.165) is 24.2 Å². The van der Waals surface area contributed by atoms with Crippen LogP contribution in [0.15, 0.2) is 12.4 Å². The molecule has 0 atom stereocenters. The molecule has 2 rings (SSSR count). The van der Waals surface area contributed by atoms with Crippen molar-refractivity contribution in [1.82, 2.24) is 30.3 Å². The second-order valence-electron chi connectivity index (χ2n) is 4.86. The third kappa shape index (κ3) is 4.71. The van der Waals surface area contributed by atoms with Crippen molar-refractivity contribution in [3.63, 3.8) is 0 Å². The Morgan fingerprint density at radius 1 is 1.26 bits per heavy atom. The molecule has 2 heterocycles. The predicted molar refractivity (Wildman–Crippen MR) is 84.2 cm³/mol. The van der Waals surface area contributed by atoms with Gasteiger partial charge >= 0.3 is 0 Å². The first-order valence-corrected chi connectivity index (χ1v) is 7.55. The van der Waals surface area contributed by atoms with Gasteiger partial charge < -0.3 is 15.7 Å². The summed E-state index contributed by atoms with van der Waals surface area (Å²) in [6.45, 7) is 4.26. The number of anilines is 2. The summed E-state index contributed by atoms with van der Waals surface area (Å²) in [5.74, 6) is 0.190. The van der Waals surface area contributed by atoms with Gasteiger partial charge in [0, 0.05) is 12.7 Å². The van der Waals surface area contributed by atoms with Gasteiger partial charge in [-0.25, -0.2) is 4.98 Å². The summed E-state index contributed by atoms with van der Waals surface area (Å²) in [7, 11) is 0. The van der Waals surface area contributed by atoms with Gasteiger partial charge in [-0.15, -0.1) is 10.2 Å². The number of aliphatic hydroxyl groups excluding tert-OH is 1. The van der Waals surface area contributed by atoms with Crippen LogP contribution in [0.25, 0.3) is 0 Å². The third-order valence-electron chi connectivity index (χ3n) is 3.14. The Morgan fingerprint density at radius 3 is 2.74 bits per heavy atom. The summed E-state index contributed by atoms with van der Waals surface area (Å²) >= 11 is 0. The summed E-state index contributed by atoms with van der Waals surface area (Å²) in [4.78, 5) is 16.0. The lowest BCUT2D eigenvalue weighted by Crippen LogP contribution is -2.30. The van der Waals surface area contributed by atoms with Crippen LogP contribution in [0.3, 0.4) is 0 Å². The lowest BCUT2D eigenvalue weighted by molar-refractivity contribution is -0.122. The van der Waals surface area contributed by atoms with Crippen molar-refractivity contribution in [2.45, 2.75) is 33.2 Å². The Balaban J connectivity index is 2.00. The maximum Gasteiger partial charge on any atom is 0.247 e. The average Bonchev–Trinajstić information content (AvgIpc) is 2.99. The molecule has 2 aromatic rings. The highest BCUT2D eigenvalue weighted by Gasteiger charge is 2.08. The number of aryl methyl sites for hydroxylation is 2. The number of hydrogen-bond acceptors (Lipinski definition) is 7. The van der Waals surface area contributed by atoms with E-state index in [1.54, 1.807) is 12.4 Å². The molecule has 0 bridgehead atoms. The normalized spacial score (nSPS) is 10.6. The molecule has 0 saturated heterocycles. The second kappa shape index (κ2) is 8.18. The van der Waals surface area contributed by atoms with Gasteiger partial charge in [-0.05, 0) is 12.8 Å². The zero-order chi connectivity index (χ0) is 16.7. The summed E-state index contributed by atoms with van der Waals surface area (Å²) in [6.07, 6.45) is 4.85. The molecule has 0 aliphatic heterocycles. The molecule has 1 amide bonds. The number of aromatic nitrogens is 5. The number of aliphatic hydroxyl groups is 1. The minimum absolute atomic E-state index is 0.0791. The maximum atomic E-state index is 11.6. The lowest BCUT2D eigenvalue weighted by Gasteiger charge is -2.06. The maximum absolute atomic E-state index is 11.6. The standard InChI is InChI=1S/C14H21N7O2/c1-3-11-12(4-2)19-20-14(18-11)17-10-7-16-21(8-10)9-13(23)15-5-6-22/h7-8,22H,3-6,9H2,1-2H3,(H,15,23)(H,17,18,20). The molecular formula is C14H21N7O2. The van der Waals surface area contributed by atoms with E-state index in [4.69, 9.17) is 5.11 Å². The summed E-state index contributed by atoms with van der Waals surface area (Å²) in [5, 5.41) is 26.6. The molecule has 0 aromatic carbocycles. The van der Waals surface area contributed by atoms with Crippen LogP contribution in [-0.4, -0.2) is 49.1 Å². The topological polar surface area (TPSA) is 118 Å². The Hall–Kier alpha value is -2.55. The van der Waals surface area contributed by atoms with E-state index in [1.807, 2.05) is 13.8 Å². The SMILES string of the molecule is CCc1nnc(Nc2cnn(CC(=O)NCCO)c2)nc1CC. The van der Waals surface area contributed by atoms with Crippen LogP contribution in [0.4, 0.5) is 11.6 Å². The molecule has 124 valence electrons. The molecule has 0 fully saturated rings. The van der Waals surface area contributed by atoms with Crippen molar-refractivity contribution in [2.24, 2.45) is 0 Å². The Labute approximate surface area is 134 Å². The smallest absolute Gasteiger partial charge is 0.247 e. The van der Waals surface area contributed by atoms with Gasteiger partial charge in [0.25, 0.3) is 0 Å². The molecule has 0 aliphatic carbocycles. The molecule has 3 N–H and O–H groups in total. The largest absolute Gasteiger partial charge is 0.395 e. The lowest BCUT2D eigenvalue weighted by atomic mass is 10.2. The molecule has 0 saturated carbocycles. The highest BCUT2D eigenvalue weighted by molar-refractivity contribution is 5.75. The van der Waals surface area contributed by atoms with E-state index >= 15 is 0 Å². The first-order valence-electron chi connectivity index (χ1n) is 7.55. The molecule has 0 aliphatic rings. The molecule has 2 aromatic heterocycles. The minimum atomic E-state index is -0.216. The van der Waals surface area contributed by atoms with Gasteiger partial charge in [-0.3, -0.25) is 9.48 Å². The first-order chi connectivity index (χ1) is 11.2. The summed E-state index contributed by atoms with van der Waals surface area (Å²) in [6, 6.07) is 0. The number of nitrogens with zero attached hydrogens (tertiary/aromatic N) is 5. The Bertz CT molecular complexity index is 656. The molecule has 23 heavy (non-hydrogen) atoms. The van der Waals surface area contributed by atoms with Gasteiger partial charge in [0.15, 0.2) is 0 Å². The van der Waals surface area contributed by atoms with Crippen molar-refractivity contribution in [3.8, 4) is 0 Å². The van der Waals surface area contributed by atoms with Crippen molar-refractivity contribution < 1.29 is 9.90 Å². The molecule has 0 radical (unpaired) electrons. The quantitative estimate of drug-likeness (QED) is 0.629. The van der Waals surface area contributed by atoms with Gasteiger partial charge in [0.2, 0.25) is 11.9 Å². The predicted octanol–water partition coefficient (Wildman–Crippen LogP) is 0.0450. The van der Waals surface area contributed by atoms with E-state index in [0.29, 0.717) is 11.6 Å². The zero-order valence-corrected chi connectivity index (χ0v) is 13.3. The van der Waals surface area contributed by atoms with E-state index in [-0.39, 0.29) is 25.6 Å². The van der Waals surface area contributed by atoms with Crippen LogP contribution < -0.4 is 10.6 Å². The van der Waals surface area contributed by atoms with Gasteiger partial charge in [0.1, 0.15) is 6.54 Å². The number of nitrogens with one attached hydrogen (secondary N) is 2. The number of carbonyl (C=O) groups is 1. The van der Waals surface area contributed by atoms with Crippen LogP contribution >= 0.6 is 0 Å². The Kier molecular flexibility index (Phi) is 5.98. The fourth-order valence-corrected chi connectivity index (χ4v) is 2.03. The monoisotopic (exact) mass is 319 g/mol. The van der Waals surface area contributed by atoms with Crippen molar-refractivity contribution in [3.05, 3.63) is 23.8 Å². The molecule has 0 spiro atoms. The summed E-state index contributed by atoms with van der Waals surface area (Å²) in [5.41, 5.74) is 2.49. The number of hydrogen-bond donors (Lipinski definition) is 3. The van der Waals surface area contributed by atoms with Crippen LogP contribution in [-0.2, 0) is 24.2 Å². The molecule has 0 unspecified atom stereocenters. The van der Waals surface area contributed by atoms with Crippen LogP contribution in [0.1, 0.15) is 25.2 Å². The zero-order valence-electron chi connectivity index (χ0n) is 13.3. The fraction of sp³-hybridized carbons (Fsp3) is 0.500. The highest BCUT2D eigenvalue weighted by atomic mass is 16.3. The van der Waals surface area contributed by atoms with Gasteiger partial charge in [-0.2, -0.15) is 5.10 Å². The average molecular weight is 319 g/mol. The second-order valence-corrected chi connectivity index (χ2v) is 4.86. The summed E-state index contributed by atoms with van der Waals surface area (Å²) < 4.78 is 1.49. The molecule has 9 heteroatoms. The van der Waals surface area contributed by atoms with Gasteiger partial charge in [-0.1, -0.05) is 13.8 Å². The van der Waals surface area contributed by atoms with E-state index in [1.165, 1.54) is 4.68 Å². The minimum Gasteiger partial charge on any atom is -0.395 e. The molecular weight excluding hydrogens is 298 g/mol. The fourth-order valence-electron chi connectivity index (χ4n) is 2.03. The number of rotatable bonds is 8. The highest BCUT2D eigenvalue weighted by Crippen LogP contribution is 2.13. The van der Waals surface area contributed by atoms with E-state index < -0.39 is 0 Å².